The summed E-state index contributed by atoms with van der Waals surface area (Å²) in [4.78, 5) is 0. The van der Waals surface area contributed by atoms with E-state index in [4.69, 9.17) is 4.42 Å². The number of anilines is 1. The Morgan fingerprint density at radius 1 is 1.27 bits per heavy atom. The van der Waals surface area contributed by atoms with Crippen LogP contribution in [0.1, 0.15) is 19.6 Å². The smallest absolute Gasteiger partial charge is 0.193 e. The molecule has 0 aliphatic carbocycles. The van der Waals surface area contributed by atoms with Crippen molar-refractivity contribution in [2.24, 2.45) is 11.8 Å². The van der Waals surface area contributed by atoms with Crippen molar-refractivity contribution in [3.05, 3.63) is 17.9 Å². The highest BCUT2D eigenvalue weighted by molar-refractivity contribution is 5.31. The van der Waals surface area contributed by atoms with E-state index in [-0.39, 0.29) is 0 Å². The molecule has 86 valence electrons. The molecular formula is C12H22N2O. The van der Waals surface area contributed by atoms with E-state index in [1.807, 2.05) is 26.1 Å². The van der Waals surface area contributed by atoms with Crippen molar-refractivity contribution in [2.45, 2.75) is 20.8 Å². The summed E-state index contributed by atoms with van der Waals surface area (Å²) < 4.78 is 5.46. The maximum absolute atomic E-state index is 5.46. The lowest BCUT2D eigenvalue weighted by Crippen LogP contribution is -2.29. The van der Waals surface area contributed by atoms with Gasteiger partial charge in [-0.05, 0) is 38.4 Å². The number of nitrogens with one attached hydrogen (secondary N) is 2. The van der Waals surface area contributed by atoms with Crippen LogP contribution in [0.3, 0.4) is 0 Å². The first-order chi connectivity index (χ1) is 7.13. The van der Waals surface area contributed by atoms with E-state index in [1.54, 1.807) is 0 Å². The van der Waals surface area contributed by atoms with Crippen molar-refractivity contribution in [2.75, 3.05) is 25.5 Å². The molecule has 15 heavy (non-hydrogen) atoms. The Morgan fingerprint density at radius 2 is 2.00 bits per heavy atom. The second kappa shape index (κ2) is 5.81. The van der Waals surface area contributed by atoms with E-state index in [1.165, 1.54) is 0 Å². The van der Waals surface area contributed by atoms with Gasteiger partial charge in [-0.25, -0.2) is 0 Å². The second-order valence-electron chi connectivity index (χ2n) is 4.35. The van der Waals surface area contributed by atoms with Crippen LogP contribution in [0.15, 0.2) is 16.5 Å². The summed E-state index contributed by atoms with van der Waals surface area (Å²) in [6, 6.07) is 3.96. The molecule has 0 aliphatic rings. The van der Waals surface area contributed by atoms with Crippen molar-refractivity contribution in [3.8, 4) is 0 Å². The lowest BCUT2D eigenvalue weighted by Gasteiger charge is -2.20. The van der Waals surface area contributed by atoms with E-state index in [0.717, 1.165) is 24.7 Å². The third kappa shape index (κ3) is 3.96. The third-order valence-electron chi connectivity index (χ3n) is 2.69. The number of hydrogen-bond donors (Lipinski definition) is 2. The van der Waals surface area contributed by atoms with Gasteiger partial charge in [0.2, 0.25) is 0 Å². The fourth-order valence-corrected chi connectivity index (χ4v) is 1.57. The normalized spacial score (nSPS) is 13.1. The lowest BCUT2D eigenvalue weighted by atomic mass is 9.96. The van der Waals surface area contributed by atoms with Gasteiger partial charge in [0.05, 0.1) is 0 Å². The second-order valence-corrected chi connectivity index (χ2v) is 4.35. The van der Waals surface area contributed by atoms with Crippen molar-refractivity contribution < 1.29 is 4.42 Å². The number of aryl methyl sites for hydroxylation is 1. The van der Waals surface area contributed by atoms with E-state index in [0.29, 0.717) is 11.8 Å². The Bertz CT molecular complexity index is 281. The summed E-state index contributed by atoms with van der Waals surface area (Å²) in [5, 5.41) is 6.55. The molecule has 0 radical (unpaired) electrons. The topological polar surface area (TPSA) is 37.2 Å². The molecular weight excluding hydrogens is 188 g/mol. The molecule has 0 amide bonds. The molecule has 0 fully saturated rings. The Morgan fingerprint density at radius 3 is 2.47 bits per heavy atom. The van der Waals surface area contributed by atoms with Gasteiger partial charge in [0, 0.05) is 12.6 Å². The van der Waals surface area contributed by atoms with Crippen LogP contribution in [0.25, 0.3) is 0 Å². The van der Waals surface area contributed by atoms with Crippen molar-refractivity contribution in [1.82, 2.24) is 5.32 Å². The number of rotatable bonds is 6. The first kappa shape index (κ1) is 12.1. The molecule has 0 spiro atoms. The van der Waals surface area contributed by atoms with Crippen LogP contribution in [-0.4, -0.2) is 20.1 Å². The average molecular weight is 210 g/mol. The molecule has 1 aromatic heterocycles. The molecule has 0 saturated heterocycles. The quantitative estimate of drug-likeness (QED) is 0.757. The summed E-state index contributed by atoms with van der Waals surface area (Å²) in [6.07, 6.45) is 0. The van der Waals surface area contributed by atoms with Gasteiger partial charge in [-0.2, -0.15) is 0 Å². The minimum atomic E-state index is 0.625. The fourth-order valence-electron chi connectivity index (χ4n) is 1.57. The van der Waals surface area contributed by atoms with Crippen LogP contribution in [-0.2, 0) is 0 Å². The molecule has 0 saturated carbocycles. The van der Waals surface area contributed by atoms with Gasteiger partial charge < -0.3 is 15.1 Å². The van der Waals surface area contributed by atoms with Gasteiger partial charge in [-0.3, -0.25) is 0 Å². The largest absolute Gasteiger partial charge is 0.446 e. The van der Waals surface area contributed by atoms with Crippen LogP contribution in [0.2, 0.25) is 0 Å². The Labute approximate surface area is 92.2 Å². The zero-order chi connectivity index (χ0) is 11.3. The van der Waals surface area contributed by atoms with Crippen LogP contribution in [0.5, 0.6) is 0 Å². The van der Waals surface area contributed by atoms with Crippen molar-refractivity contribution in [1.29, 1.82) is 0 Å². The molecule has 1 rings (SSSR count). The van der Waals surface area contributed by atoms with Gasteiger partial charge >= 0.3 is 0 Å². The van der Waals surface area contributed by atoms with Gasteiger partial charge in [0.25, 0.3) is 0 Å². The SMILES string of the molecule is CNCC(CNc1ccc(C)o1)C(C)C. The molecule has 3 heteroatoms. The van der Waals surface area contributed by atoms with E-state index < -0.39 is 0 Å². The van der Waals surface area contributed by atoms with Crippen molar-refractivity contribution >= 4 is 5.88 Å². The van der Waals surface area contributed by atoms with Crippen LogP contribution >= 0.6 is 0 Å². The summed E-state index contributed by atoms with van der Waals surface area (Å²) in [7, 11) is 1.99. The Hall–Kier alpha value is -0.960. The molecule has 1 atom stereocenters. The maximum atomic E-state index is 5.46. The zero-order valence-electron chi connectivity index (χ0n) is 10.1. The maximum Gasteiger partial charge on any atom is 0.193 e. The minimum Gasteiger partial charge on any atom is -0.446 e. The molecule has 1 heterocycles. The molecule has 1 unspecified atom stereocenters. The third-order valence-corrected chi connectivity index (χ3v) is 2.69. The summed E-state index contributed by atoms with van der Waals surface area (Å²) in [6.45, 7) is 8.43. The first-order valence-corrected chi connectivity index (χ1v) is 5.58. The summed E-state index contributed by atoms with van der Waals surface area (Å²) >= 11 is 0. The molecule has 2 N–H and O–H groups in total. The highest BCUT2D eigenvalue weighted by atomic mass is 16.4. The first-order valence-electron chi connectivity index (χ1n) is 5.58. The average Bonchev–Trinajstić information content (AvgIpc) is 2.58. The van der Waals surface area contributed by atoms with E-state index >= 15 is 0 Å². The molecule has 3 nitrogen and oxygen atoms in total. The zero-order valence-corrected chi connectivity index (χ0v) is 10.1. The predicted octanol–water partition coefficient (Wildman–Crippen LogP) is 2.49. The summed E-state index contributed by atoms with van der Waals surface area (Å²) in [5.74, 6) is 3.11. The van der Waals surface area contributed by atoms with Crippen LogP contribution in [0.4, 0.5) is 5.88 Å². The monoisotopic (exact) mass is 210 g/mol. The molecule has 0 bridgehead atoms. The van der Waals surface area contributed by atoms with Gasteiger partial charge in [-0.1, -0.05) is 13.8 Å². The highest BCUT2D eigenvalue weighted by Crippen LogP contribution is 2.15. The molecule has 0 aromatic carbocycles. The van der Waals surface area contributed by atoms with E-state index in [9.17, 15) is 0 Å². The lowest BCUT2D eigenvalue weighted by molar-refractivity contribution is 0.387. The standard InChI is InChI=1S/C12H22N2O/c1-9(2)11(7-13-4)8-14-12-6-5-10(3)15-12/h5-6,9,11,13-14H,7-8H2,1-4H3. The molecule has 0 aliphatic heterocycles. The Balaban J connectivity index is 2.39. The van der Waals surface area contributed by atoms with Crippen molar-refractivity contribution in [3.63, 3.8) is 0 Å². The van der Waals surface area contributed by atoms with Crippen LogP contribution < -0.4 is 10.6 Å². The van der Waals surface area contributed by atoms with Gasteiger partial charge in [0.15, 0.2) is 5.88 Å². The van der Waals surface area contributed by atoms with Crippen LogP contribution in [0, 0.1) is 18.8 Å². The fraction of sp³-hybridized carbons (Fsp3) is 0.667. The highest BCUT2D eigenvalue weighted by Gasteiger charge is 2.12. The number of furan rings is 1. The Kier molecular flexibility index (Phi) is 4.69. The summed E-state index contributed by atoms with van der Waals surface area (Å²) in [5.41, 5.74) is 0. The number of hydrogen-bond acceptors (Lipinski definition) is 3. The van der Waals surface area contributed by atoms with Gasteiger partial charge in [0.1, 0.15) is 5.76 Å². The predicted molar refractivity (Wildman–Crippen MR) is 64.2 cm³/mol. The van der Waals surface area contributed by atoms with Gasteiger partial charge in [-0.15, -0.1) is 0 Å². The minimum absolute atomic E-state index is 0.625. The van der Waals surface area contributed by atoms with E-state index in [2.05, 4.69) is 24.5 Å². The molecule has 1 aromatic rings.